The summed E-state index contributed by atoms with van der Waals surface area (Å²) >= 11 is -0.983. The maximum atomic E-state index is 11.5. The van der Waals surface area contributed by atoms with Crippen molar-refractivity contribution in [2.24, 2.45) is 0 Å². The zero-order valence-electron chi connectivity index (χ0n) is 31.8. The molecule has 49 heavy (non-hydrogen) atoms. The van der Waals surface area contributed by atoms with E-state index in [0.29, 0.717) is 25.5 Å². The van der Waals surface area contributed by atoms with Crippen LogP contribution in [0, 0.1) is 0 Å². The number of rotatable bonds is 9. The van der Waals surface area contributed by atoms with Gasteiger partial charge in [0.1, 0.15) is 0 Å². The van der Waals surface area contributed by atoms with Gasteiger partial charge in [-0.2, -0.15) is 8.42 Å². The third kappa shape index (κ3) is 11.1. The molecule has 4 rings (SSSR count). The first-order chi connectivity index (χ1) is 22.6. The zero-order chi connectivity index (χ0) is 36.9. The number of hydrogen-bond donors (Lipinski definition) is 1. The number of para-hydroxylation sites is 1. The average Bonchev–Trinajstić information content (AvgIpc) is 2.98. The van der Waals surface area contributed by atoms with Crippen molar-refractivity contribution >= 4 is 34.0 Å². The molecule has 0 bridgehead atoms. The molecule has 0 aliphatic rings. The fourth-order valence-electron chi connectivity index (χ4n) is 5.94. The quantitative estimate of drug-likeness (QED) is 0.104. The fourth-order valence-corrected chi connectivity index (χ4v) is 14.6. The summed E-state index contributed by atoms with van der Waals surface area (Å²) < 4.78 is 30.3. The van der Waals surface area contributed by atoms with Crippen LogP contribution in [0.3, 0.4) is 0 Å². The van der Waals surface area contributed by atoms with Crippen LogP contribution >= 0.6 is 8.81 Å². The van der Waals surface area contributed by atoms with E-state index in [0.717, 1.165) is 28.4 Å². The van der Waals surface area contributed by atoms with Gasteiger partial charge in [-0.3, -0.25) is 0 Å². The molecule has 4 aromatic rings. The Balaban J connectivity index is 0.000000271. The molecule has 0 aliphatic carbocycles. The second-order valence-corrected chi connectivity index (χ2v) is 24.7. The van der Waals surface area contributed by atoms with Gasteiger partial charge in [-0.05, 0) is 45.6 Å². The minimum absolute atomic E-state index is 0.235. The molecule has 0 spiro atoms. The predicted molar refractivity (Wildman–Crippen MR) is 213 cm³/mol. The Morgan fingerprint density at radius 2 is 1.10 bits per heavy atom. The second kappa shape index (κ2) is 16.8. The van der Waals surface area contributed by atoms with Crippen molar-refractivity contribution in [1.82, 2.24) is 0 Å². The Hall–Kier alpha value is -2.32. The number of nitrogen functional groups attached to an aromatic ring is 1. The second-order valence-electron chi connectivity index (χ2n) is 15.2. The van der Waals surface area contributed by atoms with E-state index in [4.69, 9.17) is 9.70 Å². The van der Waals surface area contributed by atoms with Crippen LogP contribution in [0.25, 0.3) is 22.3 Å². The van der Waals surface area contributed by atoms with E-state index in [1.165, 1.54) is 31.9 Å². The molecule has 7 heteroatoms. The molecule has 0 fully saturated rings. The van der Waals surface area contributed by atoms with Gasteiger partial charge in [0.15, 0.2) is 0 Å². The zero-order valence-corrected chi connectivity index (χ0v) is 35.2. The Bertz CT molecular complexity index is 1780. The summed E-state index contributed by atoms with van der Waals surface area (Å²) in [6, 6.07) is 29.7. The first kappa shape index (κ1) is 41.1. The molecular weight excluding hydrogens is 736 g/mol. The van der Waals surface area contributed by atoms with Crippen molar-refractivity contribution < 1.29 is 29.1 Å². The van der Waals surface area contributed by atoms with Gasteiger partial charge in [0.25, 0.3) is 10.1 Å². The van der Waals surface area contributed by atoms with E-state index < -0.39 is 26.9 Å². The summed E-state index contributed by atoms with van der Waals surface area (Å²) in [6.45, 7) is 27.6. The van der Waals surface area contributed by atoms with Gasteiger partial charge in [-0.25, -0.2) is 3.97 Å². The van der Waals surface area contributed by atoms with Gasteiger partial charge in [-0.15, -0.1) is 0 Å². The van der Waals surface area contributed by atoms with E-state index in [1.54, 1.807) is 0 Å². The molecule has 1 unspecified atom stereocenters. The van der Waals surface area contributed by atoms with Crippen molar-refractivity contribution in [1.29, 1.82) is 0 Å². The predicted octanol–water partition coefficient (Wildman–Crippen LogP) is 11.5. The fraction of sp³-hybridized carbons (Fsp3) is 0.429. The van der Waals surface area contributed by atoms with Gasteiger partial charge in [0.2, 0.25) is 0 Å². The van der Waals surface area contributed by atoms with E-state index in [2.05, 4.69) is 138 Å². The first-order valence-electron chi connectivity index (χ1n) is 17.1. The van der Waals surface area contributed by atoms with Crippen molar-refractivity contribution in [3.63, 3.8) is 0 Å². The Morgan fingerprint density at radius 1 is 0.653 bits per heavy atom. The van der Waals surface area contributed by atoms with Crippen LogP contribution in [0.1, 0.15) is 118 Å². The van der Waals surface area contributed by atoms with Crippen LogP contribution < -0.4 is 15.1 Å². The number of hydrogen-bond acceptors (Lipinski definition) is 4. The van der Waals surface area contributed by atoms with Gasteiger partial charge < -0.3 is 0 Å². The topological polar surface area (TPSA) is 69.4 Å². The molecule has 0 saturated heterocycles. The molecule has 4 aromatic carbocycles. The normalized spacial score (nSPS) is 12.9. The Labute approximate surface area is 306 Å². The summed E-state index contributed by atoms with van der Waals surface area (Å²) in [5.74, 6) is 1.19. The van der Waals surface area contributed by atoms with Gasteiger partial charge in [0.05, 0.1) is 15.1 Å². The standard InChI is InChI=1S/C22H31O3PS.C12H10N.2C4H9.Pd/c1-14(2)17-12-19(15(3)4)22(20(13-17)16(5)6)18-10-8-9-11-21(18)26-25-27(7,23)24;13-12-9-5-4-8-11(12)10-6-2-1-3-7-10;2*1-4(2)3;/h8-16,26H,1-7H3;1-6,8-9H,13H2;2*1-3H3;. The van der Waals surface area contributed by atoms with Crippen LogP contribution in [0.5, 0.6) is 0 Å². The molecule has 1 atom stereocenters. The third-order valence-corrected chi connectivity index (χ3v) is 16.2. The van der Waals surface area contributed by atoms with Crippen molar-refractivity contribution in [2.75, 3.05) is 12.0 Å². The monoisotopic (exact) mass is 794 g/mol. The summed E-state index contributed by atoms with van der Waals surface area (Å²) in [5, 5.41) is 0.920. The number of nitrogens with two attached hydrogens (primary N) is 1. The molecule has 0 aliphatic heterocycles. The minimum atomic E-state index is -3.48. The van der Waals surface area contributed by atoms with Crippen molar-refractivity contribution in [2.45, 2.75) is 109 Å². The summed E-state index contributed by atoms with van der Waals surface area (Å²) in [6.07, 6.45) is 1.10. The van der Waals surface area contributed by atoms with E-state index in [-0.39, 0.29) is 8.81 Å². The molecule has 2 N–H and O–H groups in total. The molecule has 4 nitrogen and oxygen atoms in total. The summed E-state index contributed by atoms with van der Waals surface area (Å²) in [4.78, 5) is 0. The molecule has 0 heterocycles. The van der Waals surface area contributed by atoms with Crippen molar-refractivity contribution in [3.8, 4) is 22.3 Å². The van der Waals surface area contributed by atoms with Gasteiger partial charge in [0, 0.05) is 5.30 Å². The third-order valence-electron chi connectivity index (χ3n) is 7.85. The molecule has 0 aromatic heterocycles. The Morgan fingerprint density at radius 3 is 1.55 bits per heavy atom. The van der Waals surface area contributed by atoms with Crippen LogP contribution in [0.4, 0.5) is 5.69 Å². The van der Waals surface area contributed by atoms with Crippen molar-refractivity contribution in [3.05, 3.63) is 102 Å². The van der Waals surface area contributed by atoms with E-state index in [9.17, 15) is 8.42 Å². The molecule has 0 amide bonds. The van der Waals surface area contributed by atoms with Gasteiger partial charge in [-0.1, -0.05) is 77.9 Å². The molecule has 0 saturated carbocycles. The van der Waals surface area contributed by atoms with Crippen LogP contribution in [0.15, 0.2) is 84.9 Å². The summed E-state index contributed by atoms with van der Waals surface area (Å²) in [7, 11) is -3.72. The number of benzene rings is 4. The van der Waals surface area contributed by atoms with Crippen LogP contribution in [-0.2, 0) is 30.8 Å². The average molecular weight is 795 g/mol. The maximum absolute atomic E-state index is 11.5. The number of anilines is 1. The SMILES string of the molecule is CC(C)c1cc(C(C)C)c(-c2ccccc2POS(C)(=O)=O)c(C(C)C)c1.C[C](C)(C)[Pd]([c]1ccccc1-c1ccccc1N)[C](C)(C)C. The summed E-state index contributed by atoms with van der Waals surface area (Å²) in [5.41, 5.74) is 15.8. The molecule has 0 radical (unpaired) electrons. The van der Waals surface area contributed by atoms with Gasteiger partial charge >= 0.3 is 141 Å². The first-order valence-corrected chi connectivity index (χ1v) is 22.1. The molecule has 271 valence electrons. The Kier molecular flexibility index (Phi) is 14.1. The van der Waals surface area contributed by atoms with E-state index in [1.807, 2.05) is 30.3 Å². The molecular formula is C42H59NO3PPdS. The van der Waals surface area contributed by atoms with E-state index >= 15 is 0 Å². The van der Waals surface area contributed by atoms with Crippen LogP contribution in [-0.4, -0.2) is 14.7 Å². The van der Waals surface area contributed by atoms with Crippen LogP contribution in [0.2, 0.25) is 7.78 Å².